The first-order chi connectivity index (χ1) is 7.28. The van der Waals surface area contributed by atoms with Gasteiger partial charge in [0, 0.05) is 19.0 Å². The lowest BCUT2D eigenvalue weighted by atomic mass is 10.2. The normalized spacial score (nSPS) is 11.1. The smallest absolute Gasteiger partial charge is 0.410 e. The van der Waals surface area contributed by atoms with Crippen LogP contribution in [-0.4, -0.2) is 29.2 Å². The molecule has 0 aromatic carbocycles. The van der Waals surface area contributed by atoms with Crippen LogP contribution in [0.15, 0.2) is 0 Å². The van der Waals surface area contributed by atoms with Crippen LogP contribution in [0.4, 0.5) is 4.79 Å². The quantitative estimate of drug-likeness (QED) is 0.692. The molecule has 1 amide bonds. The molecule has 0 unspecified atom stereocenters. The van der Waals surface area contributed by atoms with Gasteiger partial charge in [-0.25, -0.2) is 4.79 Å². The van der Waals surface area contributed by atoms with Crippen molar-refractivity contribution in [3.63, 3.8) is 0 Å². The highest BCUT2D eigenvalue weighted by Gasteiger charge is 2.23. The number of unbranched alkanes of at least 4 members (excludes halogenated alkanes) is 1. The molecular weight excluding hydrogens is 204 g/mol. The van der Waals surface area contributed by atoms with Crippen LogP contribution >= 0.6 is 0 Å². The molecule has 0 aliphatic rings. The topological polar surface area (TPSA) is 53.3 Å². The van der Waals surface area contributed by atoms with Crippen LogP contribution < -0.4 is 0 Å². The number of hydrogen-bond donors (Lipinski definition) is 0. The summed E-state index contributed by atoms with van der Waals surface area (Å²) >= 11 is 0. The average molecular weight is 226 g/mol. The standard InChI is InChI=1S/C12H22N2O2/c1-10(2)14(9-7-6-8-13)11(15)16-12(3,4)5/h10H,6-7,9H2,1-5H3. The van der Waals surface area contributed by atoms with Crippen molar-refractivity contribution in [1.82, 2.24) is 4.90 Å². The van der Waals surface area contributed by atoms with E-state index in [0.717, 1.165) is 0 Å². The molecule has 0 spiro atoms. The summed E-state index contributed by atoms with van der Waals surface area (Å²) in [6.45, 7) is 9.99. The molecule has 0 radical (unpaired) electrons. The van der Waals surface area contributed by atoms with E-state index in [1.54, 1.807) is 4.90 Å². The first kappa shape index (κ1) is 14.8. The zero-order valence-corrected chi connectivity index (χ0v) is 10.9. The monoisotopic (exact) mass is 226 g/mol. The SMILES string of the molecule is CC(C)N(CCCC#N)C(=O)OC(C)(C)C. The van der Waals surface area contributed by atoms with Gasteiger partial charge in [0.05, 0.1) is 6.07 Å². The van der Waals surface area contributed by atoms with Crippen LogP contribution in [-0.2, 0) is 4.74 Å². The number of nitrogens with zero attached hydrogens (tertiary/aromatic N) is 2. The summed E-state index contributed by atoms with van der Waals surface area (Å²) in [7, 11) is 0. The molecule has 0 fully saturated rings. The Balaban J connectivity index is 4.31. The fraction of sp³-hybridized carbons (Fsp3) is 0.833. The van der Waals surface area contributed by atoms with Crippen LogP contribution in [0.1, 0.15) is 47.5 Å². The molecule has 0 bridgehead atoms. The number of nitriles is 1. The molecule has 0 aromatic heterocycles. The summed E-state index contributed by atoms with van der Waals surface area (Å²) < 4.78 is 5.30. The predicted octanol–water partition coefficient (Wildman–Crippen LogP) is 2.94. The number of carbonyl (C=O) groups excluding carboxylic acids is 1. The zero-order valence-electron chi connectivity index (χ0n) is 10.9. The van der Waals surface area contributed by atoms with Gasteiger partial charge in [0.25, 0.3) is 0 Å². The van der Waals surface area contributed by atoms with Crippen LogP contribution in [0.5, 0.6) is 0 Å². The van der Waals surface area contributed by atoms with Crippen molar-refractivity contribution >= 4 is 6.09 Å². The second-order valence-corrected chi connectivity index (χ2v) is 5.03. The molecule has 0 saturated heterocycles. The van der Waals surface area contributed by atoms with Gasteiger partial charge in [-0.3, -0.25) is 0 Å². The minimum absolute atomic E-state index is 0.0912. The van der Waals surface area contributed by atoms with Crippen LogP contribution in [0.3, 0.4) is 0 Å². The van der Waals surface area contributed by atoms with E-state index >= 15 is 0 Å². The van der Waals surface area contributed by atoms with E-state index < -0.39 is 5.60 Å². The Labute approximate surface area is 98.2 Å². The highest BCUT2D eigenvalue weighted by molar-refractivity contribution is 5.68. The Hall–Kier alpha value is -1.24. The molecule has 92 valence electrons. The van der Waals surface area contributed by atoms with Crippen LogP contribution in [0.25, 0.3) is 0 Å². The molecule has 0 N–H and O–H groups in total. The largest absolute Gasteiger partial charge is 0.444 e. The van der Waals surface area contributed by atoms with E-state index in [4.69, 9.17) is 10.00 Å². The number of hydrogen-bond acceptors (Lipinski definition) is 3. The first-order valence-corrected chi connectivity index (χ1v) is 5.64. The van der Waals surface area contributed by atoms with Crippen molar-refractivity contribution in [3.05, 3.63) is 0 Å². The highest BCUT2D eigenvalue weighted by atomic mass is 16.6. The van der Waals surface area contributed by atoms with Crippen molar-refractivity contribution in [1.29, 1.82) is 5.26 Å². The number of rotatable bonds is 4. The van der Waals surface area contributed by atoms with E-state index in [0.29, 0.717) is 19.4 Å². The summed E-state index contributed by atoms with van der Waals surface area (Å²) in [5, 5.41) is 8.46. The molecule has 16 heavy (non-hydrogen) atoms. The second-order valence-electron chi connectivity index (χ2n) is 5.03. The molecule has 0 aromatic rings. The van der Waals surface area contributed by atoms with Gasteiger partial charge >= 0.3 is 6.09 Å². The summed E-state index contributed by atoms with van der Waals surface area (Å²) in [6.07, 6.45) is 0.848. The molecule has 0 aliphatic heterocycles. The van der Waals surface area contributed by atoms with Crippen molar-refractivity contribution in [2.75, 3.05) is 6.54 Å². The molecule has 0 heterocycles. The minimum Gasteiger partial charge on any atom is -0.444 e. The lowest BCUT2D eigenvalue weighted by Crippen LogP contribution is -2.41. The fourth-order valence-electron chi connectivity index (χ4n) is 1.21. The Kier molecular flexibility index (Phi) is 5.87. The lowest BCUT2D eigenvalue weighted by Gasteiger charge is -2.29. The fourth-order valence-corrected chi connectivity index (χ4v) is 1.21. The third kappa shape index (κ3) is 6.28. The van der Waals surface area contributed by atoms with E-state index in [1.807, 2.05) is 34.6 Å². The van der Waals surface area contributed by atoms with Gasteiger partial charge in [0.1, 0.15) is 5.60 Å². The van der Waals surface area contributed by atoms with Crippen molar-refractivity contribution in [2.45, 2.75) is 59.1 Å². The third-order valence-electron chi connectivity index (χ3n) is 1.94. The minimum atomic E-state index is -0.473. The van der Waals surface area contributed by atoms with E-state index in [9.17, 15) is 4.79 Å². The van der Waals surface area contributed by atoms with Gasteiger partial charge in [0.15, 0.2) is 0 Å². The van der Waals surface area contributed by atoms with Gasteiger partial charge in [-0.2, -0.15) is 5.26 Å². The van der Waals surface area contributed by atoms with Gasteiger partial charge in [-0.05, 0) is 41.0 Å². The predicted molar refractivity (Wildman–Crippen MR) is 62.9 cm³/mol. The van der Waals surface area contributed by atoms with E-state index in [2.05, 4.69) is 6.07 Å². The highest BCUT2D eigenvalue weighted by Crippen LogP contribution is 2.12. The van der Waals surface area contributed by atoms with Gasteiger partial charge < -0.3 is 9.64 Å². The summed E-state index contributed by atoms with van der Waals surface area (Å²) in [5.74, 6) is 0. The molecule has 4 nitrogen and oxygen atoms in total. The maximum Gasteiger partial charge on any atom is 0.410 e. The van der Waals surface area contributed by atoms with Crippen molar-refractivity contribution < 1.29 is 9.53 Å². The van der Waals surface area contributed by atoms with Crippen LogP contribution in [0.2, 0.25) is 0 Å². The maximum atomic E-state index is 11.8. The number of carbonyl (C=O) groups is 1. The number of amides is 1. The van der Waals surface area contributed by atoms with Crippen molar-refractivity contribution in [3.8, 4) is 6.07 Å². The van der Waals surface area contributed by atoms with Gasteiger partial charge in [-0.15, -0.1) is 0 Å². The van der Waals surface area contributed by atoms with Crippen molar-refractivity contribution in [2.24, 2.45) is 0 Å². The maximum absolute atomic E-state index is 11.8. The average Bonchev–Trinajstić information content (AvgIpc) is 2.08. The van der Waals surface area contributed by atoms with E-state index in [1.165, 1.54) is 0 Å². The third-order valence-corrected chi connectivity index (χ3v) is 1.94. The number of ether oxygens (including phenoxy) is 1. The molecule has 0 atom stereocenters. The first-order valence-electron chi connectivity index (χ1n) is 5.64. The Bertz CT molecular complexity index is 261. The lowest BCUT2D eigenvalue weighted by molar-refractivity contribution is 0.0189. The molecule has 0 rings (SSSR count). The zero-order chi connectivity index (χ0) is 12.8. The summed E-state index contributed by atoms with van der Waals surface area (Å²) in [4.78, 5) is 13.5. The summed E-state index contributed by atoms with van der Waals surface area (Å²) in [5.41, 5.74) is -0.473. The Morgan fingerprint density at radius 3 is 2.38 bits per heavy atom. The Morgan fingerprint density at radius 2 is 2.00 bits per heavy atom. The molecule has 4 heteroatoms. The molecule has 0 saturated carbocycles. The van der Waals surface area contributed by atoms with Crippen LogP contribution in [0, 0.1) is 11.3 Å². The second kappa shape index (κ2) is 6.37. The summed E-state index contributed by atoms with van der Waals surface area (Å²) in [6, 6.07) is 2.16. The molecule has 0 aliphatic carbocycles. The van der Waals surface area contributed by atoms with Gasteiger partial charge in [-0.1, -0.05) is 0 Å². The van der Waals surface area contributed by atoms with Gasteiger partial charge in [0.2, 0.25) is 0 Å². The van der Waals surface area contributed by atoms with E-state index in [-0.39, 0.29) is 12.1 Å². The molecular formula is C12H22N2O2. The Morgan fingerprint density at radius 1 is 1.44 bits per heavy atom.